The van der Waals surface area contributed by atoms with Crippen LogP contribution in [-0.4, -0.2) is 26.2 Å². The molecule has 0 spiro atoms. The van der Waals surface area contributed by atoms with Crippen molar-refractivity contribution >= 4 is 0 Å². The van der Waals surface area contributed by atoms with E-state index in [-0.39, 0.29) is 0 Å². The van der Waals surface area contributed by atoms with Gasteiger partial charge in [0.25, 0.3) is 5.89 Å². The Morgan fingerprint density at radius 1 is 1.38 bits per heavy atom. The van der Waals surface area contributed by atoms with Crippen LogP contribution in [-0.2, 0) is 6.54 Å². The van der Waals surface area contributed by atoms with Gasteiger partial charge in [0.15, 0.2) is 5.82 Å². The highest BCUT2D eigenvalue weighted by Gasteiger charge is 2.30. The molecule has 2 aromatic heterocycles. The lowest BCUT2D eigenvalue weighted by atomic mass is 9.73. The Labute approximate surface area is 124 Å². The monoisotopic (exact) mass is 289 g/mol. The number of hydrogen-bond acceptors (Lipinski definition) is 5. The number of nitrogens with two attached hydrogens (primary N) is 1. The highest BCUT2D eigenvalue weighted by Crippen LogP contribution is 2.41. The van der Waals surface area contributed by atoms with Gasteiger partial charge in [-0.1, -0.05) is 19.0 Å². The Bertz CT molecular complexity index is 591. The van der Waals surface area contributed by atoms with Crippen molar-refractivity contribution in [2.75, 3.05) is 6.54 Å². The first kappa shape index (κ1) is 14.3. The lowest BCUT2D eigenvalue weighted by molar-refractivity contribution is 0.218. The molecule has 0 unspecified atom stereocenters. The molecule has 6 heteroatoms. The molecular formula is C15H23N5O. The molecule has 0 aromatic carbocycles. The van der Waals surface area contributed by atoms with E-state index in [1.54, 1.807) is 6.33 Å². The van der Waals surface area contributed by atoms with Crippen LogP contribution in [0, 0.1) is 5.41 Å². The lowest BCUT2D eigenvalue weighted by Gasteiger charge is -2.32. The first-order chi connectivity index (χ1) is 10.1. The van der Waals surface area contributed by atoms with Crippen LogP contribution in [0.5, 0.6) is 0 Å². The second-order valence-electron chi connectivity index (χ2n) is 6.68. The van der Waals surface area contributed by atoms with Gasteiger partial charge in [-0.05, 0) is 31.1 Å². The number of rotatable bonds is 4. The Kier molecular flexibility index (Phi) is 3.80. The van der Waals surface area contributed by atoms with E-state index in [9.17, 15) is 0 Å². The van der Waals surface area contributed by atoms with E-state index in [0.717, 1.165) is 30.9 Å². The molecule has 2 N–H and O–H groups in total. The Hall–Kier alpha value is -1.69. The zero-order valence-electron chi connectivity index (χ0n) is 12.7. The highest BCUT2D eigenvalue weighted by atomic mass is 16.5. The predicted molar refractivity (Wildman–Crippen MR) is 79.6 cm³/mol. The molecule has 6 nitrogen and oxygen atoms in total. The highest BCUT2D eigenvalue weighted by molar-refractivity contribution is 5.44. The largest absolute Gasteiger partial charge is 0.335 e. The summed E-state index contributed by atoms with van der Waals surface area (Å²) in [5.41, 5.74) is 6.70. The molecule has 3 rings (SSSR count). The zero-order chi connectivity index (χ0) is 14.9. The Balaban J connectivity index is 1.71. The number of nitrogens with zero attached hydrogens (tertiary/aromatic N) is 4. The summed E-state index contributed by atoms with van der Waals surface area (Å²) in [6.45, 7) is 5.98. The molecule has 0 bridgehead atoms. The zero-order valence-corrected chi connectivity index (χ0v) is 12.7. The minimum absolute atomic E-state index is 0.418. The molecule has 0 saturated heterocycles. The van der Waals surface area contributed by atoms with Crippen LogP contribution in [0.3, 0.4) is 0 Å². The van der Waals surface area contributed by atoms with Gasteiger partial charge in [-0.2, -0.15) is 4.98 Å². The van der Waals surface area contributed by atoms with Gasteiger partial charge < -0.3 is 14.8 Å². The molecule has 0 radical (unpaired) electrons. The van der Waals surface area contributed by atoms with E-state index in [0.29, 0.717) is 23.8 Å². The molecule has 1 fully saturated rings. The summed E-state index contributed by atoms with van der Waals surface area (Å²) in [5.74, 6) is 1.75. The third kappa shape index (κ3) is 3.15. The minimum Gasteiger partial charge on any atom is -0.335 e. The van der Waals surface area contributed by atoms with E-state index in [1.165, 1.54) is 12.8 Å². The first-order valence-corrected chi connectivity index (χ1v) is 7.63. The van der Waals surface area contributed by atoms with Gasteiger partial charge >= 0.3 is 0 Å². The van der Waals surface area contributed by atoms with E-state index in [4.69, 9.17) is 10.3 Å². The second kappa shape index (κ2) is 5.60. The Morgan fingerprint density at radius 3 is 2.86 bits per heavy atom. The smallest absolute Gasteiger partial charge is 0.278 e. The van der Waals surface area contributed by atoms with Crippen LogP contribution in [0.1, 0.15) is 51.3 Å². The van der Waals surface area contributed by atoms with Crippen molar-refractivity contribution in [3.63, 3.8) is 0 Å². The topological polar surface area (TPSA) is 82.8 Å². The number of imidazole rings is 1. The van der Waals surface area contributed by atoms with Crippen LogP contribution < -0.4 is 5.73 Å². The van der Waals surface area contributed by atoms with Crippen LogP contribution in [0.4, 0.5) is 0 Å². The third-order valence-corrected chi connectivity index (χ3v) is 4.39. The number of hydrogen-bond donors (Lipinski definition) is 1. The van der Waals surface area contributed by atoms with Gasteiger partial charge in [0, 0.05) is 25.2 Å². The third-order valence-electron chi connectivity index (χ3n) is 4.39. The summed E-state index contributed by atoms with van der Waals surface area (Å²) in [6.07, 6.45) is 8.34. The van der Waals surface area contributed by atoms with Gasteiger partial charge in [0.2, 0.25) is 0 Å². The maximum absolute atomic E-state index is 5.53. The average molecular weight is 289 g/mol. The molecule has 0 aliphatic heterocycles. The van der Waals surface area contributed by atoms with E-state index in [2.05, 4.69) is 29.0 Å². The van der Waals surface area contributed by atoms with E-state index in [1.807, 2.05) is 10.8 Å². The van der Waals surface area contributed by atoms with Crippen LogP contribution in [0.2, 0.25) is 0 Å². The molecule has 21 heavy (non-hydrogen) atoms. The van der Waals surface area contributed by atoms with Crippen molar-refractivity contribution in [3.05, 3.63) is 18.3 Å². The van der Waals surface area contributed by atoms with Crippen LogP contribution >= 0.6 is 0 Å². The van der Waals surface area contributed by atoms with Crippen molar-refractivity contribution in [2.45, 2.75) is 52.0 Å². The molecule has 114 valence electrons. The average Bonchev–Trinajstić information content (AvgIpc) is 3.08. The quantitative estimate of drug-likeness (QED) is 0.935. The summed E-state index contributed by atoms with van der Waals surface area (Å²) in [7, 11) is 0. The summed E-state index contributed by atoms with van der Waals surface area (Å²) in [4.78, 5) is 8.84. The maximum atomic E-state index is 5.53. The second-order valence-corrected chi connectivity index (χ2v) is 6.68. The van der Waals surface area contributed by atoms with E-state index >= 15 is 0 Å². The van der Waals surface area contributed by atoms with Gasteiger partial charge in [-0.15, -0.1) is 0 Å². The predicted octanol–water partition coefficient (Wildman–Crippen LogP) is 2.58. The molecule has 0 atom stereocenters. The molecule has 2 aromatic rings. The van der Waals surface area contributed by atoms with Crippen molar-refractivity contribution in [1.29, 1.82) is 0 Å². The molecule has 1 saturated carbocycles. The first-order valence-electron chi connectivity index (χ1n) is 7.63. The Morgan fingerprint density at radius 2 is 2.14 bits per heavy atom. The lowest BCUT2D eigenvalue weighted by Crippen LogP contribution is -2.20. The SMILES string of the molecule is CC1(C)CCC(c2noc(-c3cn(CCN)cn3)n2)CC1. The van der Waals surface area contributed by atoms with Crippen molar-refractivity contribution in [3.8, 4) is 11.6 Å². The van der Waals surface area contributed by atoms with Crippen molar-refractivity contribution in [1.82, 2.24) is 19.7 Å². The molecule has 2 heterocycles. The van der Waals surface area contributed by atoms with Gasteiger partial charge in [-0.3, -0.25) is 0 Å². The van der Waals surface area contributed by atoms with Crippen LogP contribution in [0.25, 0.3) is 11.6 Å². The normalized spacial score (nSPS) is 19.0. The molecule has 1 aliphatic carbocycles. The fraction of sp³-hybridized carbons (Fsp3) is 0.667. The molecule has 1 aliphatic rings. The fourth-order valence-corrected chi connectivity index (χ4v) is 2.90. The summed E-state index contributed by atoms with van der Waals surface area (Å²) in [5, 5.41) is 4.16. The maximum Gasteiger partial charge on any atom is 0.278 e. The summed E-state index contributed by atoms with van der Waals surface area (Å²) >= 11 is 0. The van der Waals surface area contributed by atoms with Gasteiger partial charge in [0.05, 0.1) is 6.33 Å². The number of aromatic nitrogens is 4. The van der Waals surface area contributed by atoms with Gasteiger partial charge in [0.1, 0.15) is 5.69 Å². The van der Waals surface area contributed by atoms with Crippen LogP contribution in [0.15, 0.2) is 17.0 Å². The van der Waals surface area contributed by atoms with Crippen molar-refractivity contribution in [2.24, 2.45) is 11.1 Å². The minimum atomic E-state index is 0.418. The van der Waals surface area contributed by atoms with Gasteiger partial charge in [-0.25, -0.2) is 4.98 Å². The van der Waals surface area contributed by atoms with E-state index < -0.39 is 0 Å². The fourth-order valence-electron chi connectivity index (χ4n) is 2.90. The summed E-state index contributed by atoms with van der Waals surface area (Å²) < 4.78 is 7.31. The molecule has 0 amide bonds. The molecular weight excluding hydrogens is 266 g/mol. The standard InChI is InChI=1S/C15H23N5O/c1-15(2)5-3-11(4-6-15)13-18-14(21-19-13)12-9-20(8-7-16)10-17-12/h9-11H,3-8,16H2,1-2H3. The summed E-state index contributed by atoms with van der Waals surface area (Å²) in [6, 6.07) is 0. The van der Waals surface area contributed by atoms with Crippen molar-refractivity contribution < 1.29 is 4.52 Å².